The number of thioether (sulfide) groups is 1. The van der Waals surface area contributed by atoms with Crippen molar-refractivity contribution < 1.29 is 9.21 Å². The molecule has 1 heterocycles. The highest BCUT2D eigenvalue weighted by atomic mass is 35.5. The molecule has 0 bridgehead atoms. The number of amides is 1. The highest BCUT2D eigenvalue weighted by Crippen LogP contribution is 2.27. The van der Waals surface area contributed by atoms with E-state index in [0.29, 0.717) is 26.7 Å². The fraction of sp³-hybridized carbons (Fsp3) is 0.0588. The molecule has 0 atom stereocenters. The van der Waals surface area contributed by atoms with Gasteiger partial charge in [-0.25, -0.2) is 4.98 Å². The molecule has 24 heavy (non-hydrogen) atoms. The minimum atomic E-state index is -0.148. The van der Waals surface area contributed by atoms with Crippen molar-refractivity contribution in [1.82, 2.24) is 4.98 Å². The number of halogens is 2. The molecule has 3 rings (SSSR count). The number of anilines is 1. The van der Waals surface area contributed by atoms with Crippen molar-refractivity contribution in [2.75, 3.05) is 11.1 Å². The van der Waals surface area contributed by atoms with Gasteiger partial charge in [-0.05, 0) is 36.4 Å². The Morgan fingerprint density at radius 2 is 1.92 bits per heavy atom. The van der Waals surface area contributed by atoms with Crippen LogP contribution in [0.25, 0.3) is 11.3 Å². The molecule has 2 aromatic carbocycles. The first-order valence-corrected chi connectivity index (χ1v) is 8.74. The highest BCUT2D eigenvalue weighted by molar-refractivity contribution is 7.99. The summed E-state index contributed by atoms with van der Waals surface area (Å²) in [6.07, 6.45) is 1.62. The van der Waals surface area contributed by atoms with E-state index in [1.54, 1.807) is 42.6 Å². The number of carbonyl (C=O) groups is 1. The number of hydrogen-bond acceptors (Lipinski definition) is 4. The molecule has 0 aliphatic heterocycles. The van der Waals surface area contributed by atoms with E-state index in [9.17, 15) is 4.79 Å². The zero-order chi connectivity index (χ0) is 16.9. The molecule has 122 valence electrons. The molecule has 0 radical (unpaired) electrons. The van der Waals surface area contributed by atoms with Crippen LogP contribution >= 0.6 is 35.0 Å². The SMILES string of the molecule is O=C(CSc1ncc(-c2cccc(Cl)c2)o1)Nc1ccc(Cl)cc1. The highest BCUT2D eigenvalue weighted by Gasteiger charge is 2.10. The molecule has 0 saturated carbocycles. The number of benzene rings is 2. The summed E-state index contributed by atoms with van der Waals surface area (Å²) in [5.74, 6) is 0.654. The fourth-order valence-corrected chi connectivity index (χ4v) is 2.88. The van der Waals surface area contributed by atoms with Crippen LogP contribution < -0.4 is 5.32 Å². The Hall–Kier alpha value is -1.95. The second-order valence-electron chi connectivity index (χ2n) is 4.84. The van der Waals surface area contributed by atoms with Crippen molar-refractivity contribution >= 4 is 46.6 Å². The van der Waals surface area contributed by atoms with E-state index in [4.69, 9.17) is 27.6 Å². The third-order valence-corrected chi connectivity index (χ3v) is 4.38. The van der Waals surface area contributed by atoms with Crippen LogP contribution in [-0.2, 0) is 4.79 Å². The van der Waals surface area contributed by atoms with Gasteiger partial charge in [-0.2, -0.15) is 0 Å². The van der Waals surface area contributed by atoms with Gasteiger partial charge >= 0.3 is 0 Å². The number of nitrogens with one attached hydrogen (secondary N) is 1. The van der Waals surface area contributed by atoms with Crippen LogP contribution in [-0.4, -0.2) is 16.6 Å². The van der Waals surface area contributed by atoms with Gasteiger partial charge in [-0.1, -0.05) is 47.1 Å². The van der Waals surface area contributed by atoms with Crippen molar-refractivity contribution in [3.05, 3.63) is 64.8 Å². The Morgan fingerprint density at radius 1 is 1.12 bits per heavy atom. The molecule has 1 amide bonds. The molecule has 0 aliphatic carbocycles. The lowest BCUT2D eigenvalue weighted by molar-refractivity contribution is -0.113. The predicted molar refractivity (Wildman–Crippen MR) is 97.8 cm³/mol. The molecule has 3 aromatic rings. The number of hydrogen-bond donors (Lipinski definition) is 1. The molecule has 0 unspecified atom stereocenters. The monoisotopic (exact) mass is 378 g/mol. The van der Waals surface area contributed by atoms with E-state index in [0.717, 1.165) is 5.56 Å². The standard InChI is InChI=1S/C17H12Cl2N2O2S/c18-12-4-6-14(7-5-12)21-16(22)10-24-17-20-9-15(23-17)11-2-1-3-13(19)8-11/h1-9H,10H2,(H,21,22). The van der Waals surface area contributed by atoms with Gasteiger partial charge in [0.2, 0.25) is 5.91 Å². The summed E-state index contributed by atoms with van der Waals surface area (Å²) >= 11 is 13.0. The van der Waals surface area contributed by atoms with Crippen molar-refractivity contribution in [2.45, 2.75) is 5.22 Å². The summed E-state index contributed by atoms with van der Waals surface area (Å²) in [5.41, 5.74) is 1.53. The Kier molecular flexibility index (Phi) is 5.45. The summed E-state index contributed by atoms with van der Waals surface area (Å²) in [4.78, 5) is 16.1. The first-order valence-electron chi connectivity index (χ1n) is 7.00. The first-order chi connectivity index (χ1) is 11.6. The van der Waals surface area contributed by atoms with Crippen LogP contribution in [0.1, 0.15) is 0 Å². The molecule has 1 N–H and O–H groups in total. The first kappa shape index (κ1) is 16.9. The van der Waals surface area contributed by atoms with Crippen LogP contribution in [0.15, 0.2) is 64.4 Å². The molecule has 1 aromatic heterocycles. The van der Waals surface area contributed by atoms with Crippen LogP contribution in [0.5, 0.6) is 0 Å². The molecular formula is C17H12Cl2N2O2S. The molecule has 4 nitrogen and oxygen atoms in total. The molecular weight excluding hydrogens is 367 g/mol. The normalized spacial score (nSPS) is 10.6. The van der Waals surface area contributed by atoms with E-state index in [1.807, 2.05) is 12.1 Å². The van der Waals surface area contributed by atoms with Crippen molar-refractivity contribution in [1.29, 1.82) is 0 Å². The predicted octanol–water partition coefficient (Wildman–Crippen LogP) is 5.38. The van der Waals surface area contributed by atoms with Gasteiger partial charge in [-0.15, -0.1) is 0 Å². The molecule has 0 fully saturated rings. The van der Waals surface area contributed by atoms with E-state index >= 15 is 0 Å². The minimum absolute atomic E-state index is 0.148. The summed E-state index contributed by atoms with van der Waals surface area (Å²) in [5, 5.41) is 4.45. The second kappa shape index (κ2) is 7.75. The van der Waals surface area contributed by atoms with E-state index < -0.39 is 0 Å². The third-order valence-electron chi connectivity index (χ3n) is 3.05. The maximum atomic E-state index is 11.9. The zero-order valence-corrected chi connectivity index (χ0v) is 14.7. The minimum Gasteiger partial charge on any atom is -0.431 e. The topological polar surface area (TPSA) is 55.1 Å². The maximum absolute atomic E-state index is 11.9. The van der Waals surface area contributed by atoms with Gasteiger partial charge < -0.3 is 9.73 Å². The van der Waals surface area contributed by atoms with E-state index in [2.05, 4.69) is 10.3 Å². The van der Waals surface area contributed by atoms with Gasteiger partial charge in [-0.3, -0.25) is 4.79 Å². The average Bonchev–Trinajstić information content (AvgIpc) is 3.04. The van der Waals surface area contributed by atoms with Crippen LogP contribution in [0, 0.1) is 0 Å². The lowest BCUT2D eigenvalue weighted by atomic mass is 10.2. The summed E-state index contributed by atoms with van der Waals surface area (Å²) in [7, 11) is 0. The van der Waals surface area contributed by atoms with Crippen LogP contribution in [0.2, 0.25) is 10.0 Å². The molecule has 0 aliphatic rings. The number of oxazole rings is 1. The quantitative estimate of drug-likeness (QED) is 0.605. The Labute approximate surface area is 153 Å². The van der Waals surface area contributed by atoms with E-state index in [1.165, 1.54) is 11.8 Å². The maximum Gasteiger partial charge on any atom is 0.256 e. The Morgan fingerprint density at radius 3 is 2.67 bits per heavy atom. The van der Waals surface area contributed by atoms with Crippen molar-refractivity contribution in [2.24, 2.45) is 0 Å². The lowest BCUT2D eigenvalue weighted by Gasteiger charge is -2.03. The number of nitrogens with zero attached hydrogens (tertiary/aromatic N) is 1. The van der Waals surface area contributed by atoms with Crippen LogP contribution in [0.4, 0.5) is 5.69 Å². The lowest BCUT2D eigenvalue weighted by Crippen LogP contribution is -2.13. The van der Waals surface area contributed by atoms with Crippen molar-refractivity contribution in [3.63, 3.8) is 0 Å². The average molecular weight is 379 g/mol. The number of carbonyl (C=O) groups excluding carboxylic acids is 1. The molecule has 0 spiro atoms. The third kappa shape index (κ3) is 4.54. The van der Waals surface area contributed by atoms with Gasteiger partial charge in [0.15, 0.2) is 5.76 Å². The second-order valence-corrected chi connectivity index (χ2v) is 6.64. The Bertz CT molecular complexity index is 850. The van der Waals surface area contributed by atoms with Crippen molar-refractivity contribution in [3.8, 4) is 11.3 Å². The van der Waals surface area contributed by atoms with Gasteiger partial charge in [0.1, 0.15) is 0 Å². The number of aromatic nitrogens is 1. The van der Waals surface area contributed by atoms with Crippen LogP contribution in [0.3, 0.4) is 0 Å². The largest absolute Gasteiger partial charge is 0.431 e. The van der Waals surface area contributed by atoms with E-state index in [-0.39, 0.29) is 11.7 Å². The zero-order valence-electron chi connectivity index (χ0n) is 12.3. The van der Waals surface area contributed by atoms with Gasteiger partial charge in [0.25, 0.3) is 5.22 Å². The summed E-state index contributed by atoms with van der Waals surface area (Å²) < 4.78 is 5.64. The fourth-order valence-electron chi connectivity index (χ4n) is 1.96. The summed E-state index contributed by atoms with van der Waals surface area (Å²) in [6.45, 7) is 0. The van der Waals surface area contributed by atoms with Gasteiger partial charge in [0, 0.05) is 21.3 Å². The smallest absolute Gasteiger partial charge is 0.256 e. The Balaban J connectivity index is 1.57. The van der Waals surface area contributed by atoms with Gasteiger partial charge in [0.05, 0.1) is 11.9 Å². The summed E-state index contributed by atoms with van der Waals surface area (Å²) in [6, 6.07) is 14.2. The number of rotatable bonds is 5. The molecule has 7 heteroatoms. The molecule has 0 saturated heterocycles.